The molecule has 0 saturated heterocycles. The van der Waals surface area contributed by atoms with Crippen LogP contribution in [0.5, 0.6) is 5.75 Å². The van der Waals surface area contributed by atoms with Gasteiger partial charge in [0.2, 0.25) is 5.91 Å². The van der Waals surface area contributed by atoms with Crippen LogP contribution in [-0.4, -0.2) is 88.9 Å². The molecule has 4 N–H and O–H groups in total. The van der Waals surface area contributed by atoms with E-state index in [1.54, 1.807) is 33.2 Å². The second kappa shape index (κ2) is 9.17. The summed E-state index contributed by atoms with van der Waals surface area (Å²) < 4.78 is 6.06. The number of amides is 1. The quantitative estimate of drug-likeness (QED) is 0.444. The van der Waals surface area contributed by atoms with E-state index in [-0.39, 0.29) is 24.2 Å². The molecule has 2 unspecified atom stereocenters. The summed E-state index contributed by atoms with van der Waals surface area (Å²) in [7, 11) is 6.92. The number of phenols is 1. The Balaban J connectivity index is 1.70. The van der Waals surface area contributed by atoms with Crippen LogP contribution in [0.25, 0.3) is 11.3 Å². The van der Waals surface area contributed by atoms with Crippen LogP contribution in [0.15, 0.2) is 28.7 Å². The minimum absolute atomic E-state index is 0.0777. The Bertz CT molecular complexity index is 1530. The number of primary amides is 1. The van der Waals surface area contributed by atoms with Gasteiger partial charge in [0.1, 0.15) is 17.3 Å². The number of nitrogens with zero attached hydrogens (tertiary/aromatic N) is 2. The van der Waals surface area contributed by atoms with Gasteiger partial charge in [0.15, 0.2) is 34.7 Å². The Morgan fingerprint density at radius 2 is 1.71 bits per heavy atom. The van der Waals surface area contributed by atoms with Crippen LogP contribution in [-0.2, 0) is 32.1 Å². The van der Waals surface area contributed by atoms with E-state index >= 15 is 0 Å². The number of likely N-dealkylation sites (N-methyl/N-ethyl adjacent to an activating group) is 1. The number of carbonyl (C=O) groups is 5. The highest BCUT2D eigenvalue weighted by Gasteiger charge is 2.76. The van der Waals surface area contributed by atoms with Gasteiger partial charge in [-0.15, -0.1) is 0 Å². The normalized spacial score (nSPS) is 33.1. The SMILES string of the molecule is CN(C)Cc1ccc(-c2ccc(O)c3c2C[C@@]2(C)C[C@@]4(C)[C@H](N(C)C)C(=O)C(C(N)=O)C(=O)[C@@]4(O)C(=O)C2C3=O)o1. The third kappa shape index (κ3) is 3.79. The van der Waals surface area contributed by atoms with Gasteiger partial charge in [-0.3, -0.25) is 28.9 Å². The number of aromatic hydroxyl groups is 1. The third-order valence-electron chi connectivity index (χ3n) is 9.27. The van der Waals surface area contributed by atoms with Crippen molar-refractivity contribution in [3.05, 3.63) is 41.2 Å². The standard InChI is InChI=1S/C30H35N3O8/c1-28-11-16-15(18-10-7-14(41-18)12-32(3)4)8-9-17(34)19(16)22(35)21(28)26(38)30(40)25(37)20(27(31)39)23(36)24(33(5)6)29(30,2)13-28/h7-10,20-21,24,34,40H,11-13H2,1-6H3,(H2,31,39)/t20?,21?,24-,28+,29+,30-/m1/s1. The van der Waals surface area contributed by atoms with E-state index in [9.17, 15) is 34.2 Å². The number of hydrogen-bond acceptors (Lipinski definition) is 10. The maximum Gasteiger partial charge on any atom is 0.235 e. The van der Waals surface area contributed by atoms with Crippen molar-refractivity contribution in [1.82, 2.24) is 9.80 Å². The summed E-state index contributed by atoms with van der Waals surface area (Å²) in [5.74, 6) is -7.89. The maximum atomic E-state index is 14.3. The lowest BCUT2D eigenvalue weighted by molar-refractivity contribution is -0.203. The zero-order valence-electron chi connectivity index (χ0n) is 24.0. The Labute approximate surface area is 237 Å². The highest BCUT2D eigenvalue weighted by atomic mass is 16.3. The van der Waals surface area contributed by atoms with Crippen LogP contribution in [0, 0.1) is 22.7 Å². The summed E-state index contributed by atoms with van der Waals surface area (Å²) in [6.07, 6.45) is 0.0361. The van der Waals surface area contributed by atoms with Crippen LogP contribution < -0.4 is 5.73 Å². The smallest absolute Gasteiger partial charge is 0.235 e. The lowest BCUT2D eigenvalue weighted by Crippen LogP contribution is -2.79. The summed E-state index contributed by atoms with van der Waals surface area (Å²) in [6.45, 7) is 3.74. The van der Waals surface area contributed by atoms with Crippen molar-refractivity contribution in [2.24, 2.45) is 28.4 Å². The molecule has 41 heavy (non-hydrogen) atoms. The summed E-state index contributed by atoms with van der Waals surface area (Å²) in [6, 6.07) is 5.39. The average molecular weight is 566 g/mol. The number of Topliss-reactive ketones (excluding diaryl/α,β-unsaturated/α-hetero) is 4. The predicted molar refractivity (Wildman–Crippen MR) is 146 cm³/mol. The first-order chi connectivity index (χ1) is 19.0. The molecule has 5 rings (SSSR count). The molecule has 1 amide bonds. The molecule has 6 atom stereocenters. The van der Waals surface area contributed by atoms with Crippen LogP contribution in [0.3, 0.4) is 0 Å². The van der Waals surface area contributed by atoms with E-state index in [1.165, 1.54) is 17.9 Å². The molecule has 2 saturated carbocycles. The van der Waals surface area contributed by atoms with Crippen LogP contribution in [0.4, 0.5) is 0 Å². The van der Waals surface area contributed by atoms with Crippen LogP contribution >= 0.6 is 0 Å². The number of furan rings is 1. The van der Waals surface area contributed by atoms with Crippen molar-refractivity contribution in [2.45, 2.75) is 44.9 Å². The fourth-order valence-electron chi connectivity index (χ4n) is 7.87. The van der Waals surface area contributed by atoms with Crippen molar-refractivity contribution < 1.29 is 38.6 Å². The maximum absolute atomic E-state index is 14.3. The molecule has 2 fully saturated rings. The Morgan fingerprint density at radius 1 is 1.05 bits per heavy atom. The molecule has 1 aromatic carbocycles. The van der Waals surface area contributed by atoms with E-state index in [1.807, 2.05) is 25.1 Å². The number of nitrogens with two attached hydrogens (primary N) is 1. The molecule has 1 heterocycles. The molecule has 0 aliphatic heterocycles. The summed E-state index contributed by atoms with van der Waals surface area (Å²) in [5.41, 5.74) is 0.718. The van der Waals surface area contributed by atoms with Gasteiger partial charge in [-0.2, -0.15) is 0 Å². The Morgan fingerprint density at radius 3 is 2.29 bits per heavy atom. The molecule has 218 valence electrons. The minimum atomic E-state index is -2.83. The van der Waals surface area contributed by atoms with E-state index < -0.39 is 63.3 Å². The zero-order valence-corrected chi connectivity index (χ0v) is 24.0. The molecular formula is C30H35N3O8. The molecule has 3 aliphatic carbocycles. The van der Waals surface area contributed by atoms with Gasteiger partial charge in [-0.25, -0.2) is 0 Å². The lowest BCUT2D eigenvalue weighted by atomic mass is 9.42. The van der Waals surface area contributed by atoms with Crippen molar-refractivity contribution in [1.29, 1.82) is 0 Å². The van der Waals surface area contributed by atoms with Gasteiger partial charge in [0.25, 0.3) is 0 Å². The second-order valence-electron chi connectivity index (χ2n) is 12.8. The van der Waals surface area contributed by atoms with Gasteiger partial charge in [0.05, 0.1) is 24.1 Å². The molecular weight excluding hydrogens is 530 g/mol. The molecule has 11 heteroatoms. The lowest BCUT2D eigenvalue weighted by Gasteiger charge is -2.61. The number of benzene rings is 1. The number of rotatable bonds is 5. The second-order valence-corrected chi connectivity index (χ2v) is 12.8. The molecule has 0 radical (unpaired) electrons. The van der Waals surface area contributed by atoms with Gasteiger partial charge < -0.3 is 25.3 Å². The fraction of sp³-hybridized carbons (Fsp3) is 0.500. The first kappa shape index (κ1) is 28.8. The fourth-order valence-corrected chi connectivity index (χ4v) is 7.87. The van der Waals surface area contributed by atoms with Crippen LogP contribution in [0.1, 0.15) is 41.9 Å². The monoisotopic (exact) mass is 565 g/mol. The molecule has 0 bridgehead atoms. The van der Waals surface area contributed by atoms with Gasteiger partial charge in [-0.1, -0.05) is 13.8 Å². The molecule has 0 spiro atoms. The number of fused-ring (bicyclic) bond motifs is 3. The molecule has 2 aromatic rings. The molecule has 1 aromatic heterocycles. The van der Waals surface area contributed by atoms with Crippen molar-refractivity contribution >= 4 is 29.0 Å². The van der Waals surface area contributed by atoms with Crippen molar-refractivity contribution in [3.63, 3.8) is 0 Å². The van der Waals surface area contributed by atoms with Crippen molar-refractivity contribution in [2.75, 3.05) is 28.2 Å². The largest absolute Gasteiger partial charge is 0.507 e. The van der Waals surface area contributed by atoms with Gasteiger partial charge >= 0.3 is 0 Å². The van der Waals surface area contributed by atoms with E-state index in [0.717, 1.165) is 0 Å². The summed E-state index contributed by atoms with van der Waals surface area (Å²) in [5, 5.41) is 22.9. The van der Waals surface area contributed by atoms with E-state index in [2.05, 4.69) is 0 Å². The topological polar surface area (TPSA) is 171 Å². The Hall–Kier alpha value is -3.67. The first-order valence-corrected chi connectivity index (χ1v) is 13.4. The molecule has 11 nitrogen and oxygen atoms in total. The zero-order chi connectivity index (χ0) is 30.4. The van der Waals surface area contributed by atoms with Gasteiger partial charge in [0, 0.05) is 11.0 Å². The van der Waals surface area contributed by atoms with E-state index in [0.29, 0.717) is 29.2 Å². The molecule has 3 aliphatic rings. The number of hydrogen-bond donors (Lipinski definition) is 3. The minimum Gasteiger partial charge on any atom is -0.507 e. The van der Waals surface area contributed by atoms with Gasteiger partial charge in [-0.05, 0) is 76.3 Å². The first-order valence-electron chi connectivity index (χ1n) is 13.4. The number of carbonyl (C=O) groups excluding carboxylic acids is 5. The summed E-state index contributed by atoms with van der Waals surface area (Å²) in [4.78, 5) is 71.3. The van der Waals surface area contributed by atoms with Crippen LogP contribution in [0.2, 0.25) is 0 Å². The highest BCUT2D eigenvalue weighted by Crippen LogP contribution is 2.62. The third-order valence-corrected chi connectivity index (χ3v) is 9.27. The predicted octanol–water partition coefficient (Wildman–Crippen LogP) is 0.969. The number of ketones is 4. The number of aliphatic hydroxyl groups is 1. The average Bonchev–Trinajstić information content (AvgIpc) is 3.28. The Kier molecular flexibility index (Phi) is 6.45. The van der Waals surface area contributed by atoms with E-state index in [4.69, 9.17) is 10.2 Å². The summed E-state index contributed by atoms with van der Waals surface area (Å²) >= 11 is 0. The highest BCUT2D eigenvalue weighted by molar-refractivity contribution is 6.33. The number of phenolic OH excluding ortho intramolecular Hbond substituents is 1. The van der Waals surface area contributed by atoms with Crippen molar-refractivity contribution in [3.8, 4) is 17.1 Å².